The number of aromatic nitrogens is 3. The molecule has 0 unspecified atom stereocenters. The Morgan fingerprint density at radius 1 is 1.44 bits per heavy atom. The molecule has 0 bridgehead atoms. The van der Waals surface area contributed by atoms with Crippen molar-refractivity contribution < 1.29 is 18.7 Å². The second-order valence-corrected chi connectivity index (χ2v) is 7.35. The number of halogens is 1. The second-order valence-electron chi connectivity index (χ2n) is 7.35. The van der Waals surface area contributed by atoms with Gasteiger partial charge in [-0.2, -0.15) is 5.10 Å². The van der Waals surface area contributed by atoms with E-state index in [9.17, 15) is 9.18 Å². The third-order valence-electron chi connectivity index (χ3n) is 5.26. The van der Waals surface area contributed by atoms with Gasteiger partial charge < -0.3 is 14.4 Å². The van der Waals surface area contributed by atoms with Gasteiger partial charge in [0.05, 0.1) is 19.7 Å². The average Bonchev–Trinajstić information content (AvgIpc) is 3.07. The molecule has 2 aromatic heterocycles. The van der Waals surface area contributed by atoms with E-state index in [0.717, 1.165) is 19.3 Å². The van der Waals surface area contributed by atoms with Crippen LogP contribution in [0.15, 0.2) is 30.6 Å². The molecule has 8 heteroatoms. The molecule has 2 aromatic rings. The Morgan fingerprint density at radius 3 is 3.04 bits per heavy atom. The van der Waals surface area contributed by atoms with Gasteiger partial charge in [0.1, 0.15) is 11.3 Å². The van der Waals surface area contributed by atoms with Crippen LogP contribution in [0.5, 0.6) is 5.88 Å². The van der Waals surface area contributed by atoms with E-state index in [1.807, 2.05) is 0 Å². The Balaban J connectivity index is 1.26. The van der Waals surface area contributed by atoms with Gasteiger partial charge in [0.2, 0.25) is 5.88 Å². The fourth-order valence-corrected chi connectivity index (χ4v) is 3.88. The summed E-state index contributed by atoms with van der Waals surface area (Å²) in [6.45, 7) is 2.28. The van der Waals surface area contributed by atoms with Crippen molar-refractivity contribution in [2.75, 3.05) is 26.3 Å². The number of nitrogens with zero attached hydrogens (tertiary/aromatic N) is 4. The van der Waals surface area contributed by atoms with Crippen LogP contribution in [0.2, 0.25) is 0 Å². The highest BCUT2D eigenvalue weighted by molar-refractivity contribution is 5.93. The standard InChI is InChI=1S/C19H23FN4O3/c1-23-8-4-16(22-23)18(25)24-12-19(13-24)11-14(6-10-27-19)5-9-26-17-15(20)3-2-7-21-17/h2-4,7-8,14H,5-6,9-13H2,1H3/t14-/m0/s1. The summed E-state index contributed by atoms with van der Waals surface area (Å²) in [7, 11) is 1.79. The molecule has 0 aromatic carbocycles. The highest BCUT2D eigenvalue weighted by Gasteiger charge is 2.49. The van der Waals surface area contributed by atoms with Crippen molar-refractivity contribution in [3.63, 3.8) is 0 Å². The maximum absolute atomic E-state index is 13.6. The molecular weight excluding hydrogens is 351 g/mol. The Labute approximate surface area is 157 Å². The van der Waals surface area contributed by atoms with Crippen molar-refractivity contribution in [2.45, 2.75) is 24.9 Å². The van der Waals surface area contributed by atoms with Crippen molar-refractivity contribution in [1.29, 1.82) is 0 Å². The van der Waals surface area contributed by atoms with Crippen molar-refractivity contribution in [3.05, 3.63) is 42.1 Å². The zero-order valence-electron chi connectivity index (χ0n) is 15.3. The number of rotatable bonds is 5. The fourth-order valence-electron chi connectivity index (χ4n) is 3.88. The van der Waals surface area contributed by atoms with Crippen LogP contribution >= 0.6 is 0 Å². The molecule has 1 spiro atoms. The van der Waals surface area contributed by atoms with Crippen LogP contribution in [0.4, 0.5) is 4.39 Å². The summed E-state index contributed by atoms with van der Waals surface area (Å²) >= 11 is 0. The predicted molar refractivity (Wildman–Crippen MR) is 94.8 cm³/mol. The molecule has 2 aliphatic heterocycles. The number of ether oxygens (including phenoxy) is 2. The molecular formula is C19H23FN4O3. The Kier molecular flexibility index (Phi) is 4.82. The first-order chi connectivity index (χ1) is 13.0. The lowest BCUT2D eigenvalue weighted by Crippen LogP contribution is -2.66. The van der Waals surface area contributed by atoms with Gasteiger partial charge in [0.15, 0.2) is 5.82 Å². The van der Waals surface area contributed by atoms with Gasteiger partial charge in [-0.15, -0.1) is 0 Å². The van der Waals surface area contributed by atoms with Crippen molar-refractivity contribution in [2.24, 2.45) is 13.0 Å². The molecule has 0 aliphatic carbocycles. The SMILES string of the molecule is Cn1ccc(C(=O)N2CC3(C[C@@H](CCOc4ncccc4F)CCO3)C2)n1. The molecule has 7 nitrogen and oxygen atoms in total. The van der Waals surface area contributed by atoms with Crippen LogP contribution in [0.25, 0.3) is 0 Å². The highest BCUT2D eigenvalue weighted by atomic mass is 19.1. The van der Waals surface area contributed by atoms with Gasteiger partial charge in [-0.05, 0) is 43.4 Å². The molecule has 0 radical (unpaired) electrons. The van der Waals surface area contributed by atoms with Gasteiger partial charge >= 0.3 is 0 Å². The molecule has 144 valence electrons. The molecule has 1 amide bonds. The van der Waals surface area contributed by atoms with Crippen LogP contribution in [0.3, 0.4) is 0 Å². The molecule has 4 rings (SSSR count). The van der Waals surface area contributed by atoms with Crippen molar-refractivity contribution in [3.8, 4) is 5.88 Å². The number of carbonyl (C=O) groups is 1. The number of amides is 1. The Bertz CT molecular complexity index is 819. The zero-order valence-corrected chi connectivity index (χ0v) is 15.3. The zero-order chi connectivity index (χ0) is 18.9. The first-order valence-electron chi connectivity index (χ1n) is 9.21. The summed E-state index contributed by atoms with van der Waals surface area (Å²) in [5, 5.41) is 4.17. The average molecular weight is 374 g/mol. The topological polar surface area (TPSA) is 69.5 Å². The lowest BCUT2D eigenvalue weighted by Gasteiger charge is -2.53. The maximum Gasteiger partial charge on any atom is 0.274 e. The fraction of sp³-hybridized carbons (Fsp3) is 0.526. The lowest BCUT2D eigenvalue weighted by atomic mass is 9.79. The molecule has 0 saturated carbocycles. The number of hydrogen-bond acceptors (Lipinski definition) is 5. The summed E-state index contributed by atoms with van der Waals surface area (Å²) in [5.41, 5.74) is 0.203. The van der Waals surface area contributed by atoms with Gasteiger partial charge in [0.25, 0.3) is 5.91 Å². The molecule has 4 heterocycles. The number of carbonyl (C=O) groups excluding carboxylic acids is 1. The number of hydrogen-bond donors (Lipinski definition) is 0. The number of aryl methyl sites for hydroxylation is 1. The quantitative estimate of drug-likeness (QED) is 0.801. The van der Waals surface area contributed by atoms with E-state index >= 15 is 0 Å². The molecule has 0 N–H and O–H groups in total. The van der Waals surface area contributed by atoms with Crippen LogP contribution < -0.4 is 4.74 Å². The second kappa shape index (κ2) is 7.26. The Morgan fingerprint density at radius 2 is 2.30 bits per heavy atom. The normalized spacial score (nSPS) is 21.1. The number of likely N-dealkylation sites (tertiary alicyclic amines) is 1. The van der Waals surface area contributed by atoms with Gasteiger partial charge in [-0.1, -0.05) is 0 Å². The monoisotopic (exact) mass is 374 g/mol. The summed E-state index contributed by atoms with van der Waals surface area (Å²) in [5.74, 6) is -0.0165. The van der Waals surface area contributed by atoms with Gasteiger partial charge in [-0.25, -0.2) is 9.37 Å². The lowest BCUT2D eigenvalue weighted by molar-refractivity contribution is -0.166. The van der Waals surface area contributed by atoms with E-state index in [4.69, 9.17) is 9.47 Å². The van der Waals surface area contributed by atoms with E-state index in [-0.39, 0.29) is 17.4 Å². The van der Waals surface area contributed by atoms with E-state index in [1.165, 1.54) is 12.3 Å². The Hall–Kier alpha value is -2.48. The van der Waals surface area contributed by atoms with Crippen LogP contribution in [-0.2, 0) is 11.8 Å². The molecule has 27 heavy (non-hydrogen) atoms. The first kappa shape index (κ1) is 17.9. The van der Waals surface area contributed by atoms with Crippen molar-refractivity contribution in [1.82, 2.24) is 19.7 Å². The number of pyridine rings is 1. The van der Waals surface area contributed by atoms with Gasteiger partial charge in [0, 0.05) is 26.0 Å². The maximum atomic E-state index is 13.6. The predicted octanol–water partition coefficient (Wildman–Crippen LogP) is 2.04. The van der Waals surface area contributed by atoms with Crippen LogP contribution in [0, 0.1) is 11.7 Å². The third-order valence-corrected chi connectivity index (χ3v) is 5.26. The first-order valence-corrected chi connectivity index (χ1v) is 9.21. The van der Waals surface area contributed by atoms with Gasteiger partial charge in [-0.3, -0.25) is 9.48 Å². The molecule has 2 saturated heterocycles. The van der Waals surface area contributed by atoms with E-state index < -0.39 is 5.82 Å². The molecule has 2 aliphatic rings. The minimum Gasteiger partial charge on any atom is -0.476 e. The third kappa shape index (κ3) is 3.80. The van der Waals surface area contributed by atoms with E-state index in [1.54, 1.807) is 35.0 Å². The molecule has 2 fully saturated rings. The smallest absolute Gasteiger partial charge is 0.274 e. The minimum absolute atomic E-state index is 0.0510. The van der Waals surface area contributed by atoms with E-state index in [2.05, 4.69) is 10.1 Å². The molecule has 1 atom stereocenters. The van der Waals surface area contributed by atoms with Crippen LogP contribution in [-0.4, -0.2) is 57.5 Å². The summed E-state index contributed by atoms with van der Waals surface area (Å²) in [6, 6.07) is 4.61. The van der Waals surface area contributed by atoms with E-state index in [0.29, 0.717) is 37.9 Å². The summed E-state index contributed by atoms with van der Waals surface area (Å²) in [4.78, 5) is 18.1. The largest absolute Gasteiger partial charge is 0.476 e. The van der Waals surface area contributed by atoms with Crippen molar-refractivity contribution >= 4 is 5.91 Å². The summed E-state index contributed by atoms with van der Waals surface area (Å²) in [6.07, 6.45) is 5.93. The summed E-state index contributed by atoms with van der Waals surface area (Å²) < 4.78 is 26.7. The highest BCUT2D eigenvalue weighted by Crippen LogP contribution is 2.38. The van der Waals surface area contributed by atoms with Crippen LogP contribution in [0.1, 0.15) is 29.8 Å². The minimum atomic E-state index is -0.441.